The Balaban J connectivity index is 1.30. The Morgan fingerprint density at radius 3 is 2.38 bits per heavy atom. The summed E-state index contributed by atoms with van der Waals surface area (Å²) in [5.74, 6) is 4.49. The van der Waals surface area contributed by atoms with Crippen molar-refractivity contribution >= 4 is 12.3 Å². The number of fused-ring (bicyclic) bond motifs is 5. The molecular weight excluding hydrogens is 542 g/mol. The molecule has 5 N–H and O–H groups in total. The molecule has 0 aromatic rings. The first-order valence-electron chi connectivity index (χ1n) is 17.8. The maximum Gasteiger partial charge on any atom is 0.158 e. The predicted octanol–water partition coefficient (Wildman–Crippen LogP) is 6.96. The van der Waals surface area contributed by atoms with Crippen molar-refractivity contribution in [3.8, 4) is 0 Å². The number of nitrogens with two attached hydrogens (primary N) is 1. The highest BCUT2D eigenvalue weighted by Gasteiger charge is 2.62. The topological polar surface area (TPSA) is 88.8 Å². The van der Waals surface area contributed by atoms with Gasteiger partial charge in [0.1, 0.15) is 0 Å². The first-order chi connectivity index (χ1) is 20.2. The van der Waals surface area contributed by atoms with Crippen LogP contribution in [0.1, 0.15) is 118 Å². The van der Waals surface area contributed by atoms with Gasteiger partial charge < -0.3 is 21.5 Å². The molecule has 0 saturated heterocycles. The zero-order chi connectivity index (χ0) is 30.3. The Bertz CT molecular complexity index is 803. The average Bonchev–Trinajstić information content (AvgIpc) is 3.32. The molecule has 4 rings (SSSR count). The van der Waals surface area contributed by atoms with E-state index in [9.17, 15) is 5.11 Å². The minimum atomic E-state index is -0.118. The van der Waals surface area contributed by atoms with E-state index < -0.39 is 0 Å². The summed E-state index contributed by atoms with van der Waals surface area (Å²) >= 11 is 1.14. The highest BCUT2D eigenvalue weighted by Crippen LogP contribution is 2.68. The van der Waals surface area contributed by atoms with Gasteiger partial charge in [0, 0.05) is 6.04 Å². The van der Waals surface area contributed by atoms with Crippen LogP contribution in [0.2, 0.25) is 0 Å². The van der Waals surface area contributed by atoms with E-state index in [1.807, 2.05) is 0 Å². The van der Waals surface area contributed by atoms with Crippen molar-refractivity contribution in [2.75, 3.05) is 33.3 Å². The van der Waals surface area contributed by atoms with Crippen LogP contribution in [0.25, 0.3) is 0 Å². The third kappa shape index (κ3) is 7.90. The first-order valence-corrected chi connectivity index (χ1v) is 18.5. The molecule has 4 fully saturated rings. The van der Waals surface area contributed by atoms with Crippen molar-refractivity contribution in [2.24, 2.45) is 58.0 Å². The van der Waals surface area contributed by atoms with Gasteiger partial charge in [-0.3, -0.25) is 8.37 Å². The zero-order valence-electron chi connectivity index (χ0n) is 28.0. The van der Waals surface area contributed by atoms with Gasteiger partial charge in [-0.25, -0.2) is 0 Å². The van der Waals surface area contributed by atoms with E-state index in [1.165, 1.54) is 64.2 Å². The van der Waals surface area contributed by atoms with E-state index in [0.717, 1.165) is 63.7 Å². The molecule has 0 heterocycles. The van der Waals surface area contributed by atoms with Gasteiger partial charge in [0.25, 0.3) is 0 Å². The number of unbranched alkanes of at least 4 members (excludes halogenated alkanes) is 1. The quantitative estimate of drug-likeness (QED) is 0.105. The molecule has 4 aliphatic rings. The van der Waals surface area contributed by atoms with Crippen molar-refractivity contribution in [3.63, 3.8) is 0 Å². The number of rotatable bonds is 17. The third-order valence-electron chi connectivity index (χ3n) is 13.1. The zero-order valence-corrected chi connectivity index (χ0v) is 28.9. The van der Waals surface area contributed by atoms with Crippen LogP contribution >= 0.6 is 12.3 Å². The normalized spacial score (nSPS) is 39.5. The fourth-order valence-electron chi connectivity index (χ4n) is 10.6. The fraction of sp³-hybridized carbons (Fsp3) is 1.00. The summed E-state index contributed by atoms with van der Waals surface area (Å²) in [5, 5.41) is 19.3. The molecule has 0 aromatic heterocycles. The molecule has 0 amide bonds. The Morgan fingerprint density at radius 2 is 1.64 bits per heavy atom. The highest BCUT2D eigenvalue weighted by molar-refractivity contribution is 7.89. The largest absolute Gasteiger partial charge is 0.393 e. The molecule has 6 nitrogen and oxygen atoms in total. The Kier molecular flexibility index (Phi) is 13.4. The Hall–Kier alpha value is 0.110. The van der Waals surface area contributed by atoms with Crippen molar-refractivity contribution in [1.29, 1.82) is 0 Å². The molecule has 5 unspecified atom stereocenters. The van der Waals surface area contributed by atoms with Crippen LogP contribution in [-0.4, -0.2) is 56.6 Å². The number of hydrogen-bond acceptors (Lipinski definition) is 7. The second-order valence-corrected chi connectivity index (χ2v) is 16.4. The summed E-state index contributed by atoms with van der Waals surface area (Å²) in [6, 6.07) is 0.621. The number of hydrogen-bond donors (Lipinski definition) is 4. The second kappa shape index (κ2) is 16.1. The smallest absolute Gasteiger partial charge is 0.158 e. The van der Waals surface area contributed by atoms with Crippen molar-refractivity contribution in [3.05, 3.63) is 0 Å². The van der Waals surface area contributed by atoms with Crippen LogP contribution < -0.4 is 16.4 Å². The fourth-order valence-corrected chi connectivity index (χ4v) is 11.1. The van der Waals surface area contributed by atoms with Gasteiger partial charge in [-0.05, 0) is 162 Å². The first kappa shape index (κ1) is 35.0. The lowest BCUT2D eigenvalue weighted by Gasteiger charge is -2.62. The van der Waals surface area contributed by atoms with E-state index in [4.69, 9.17) is 14.1 Å². The Morgan fingerprint density at radius 1 is 0.905 bits per heavy atom. The van der Waals surface area contributed by atoms with Gasteiger partial charge in [0.15, 0.2) is 12.3 Å². The summed E-state index contributed by atoms with van der Waals surface area (Å²) in [6.07, 6.45) is 16.2. The molecule has 0 radical (unpaired) electrons. The van der Waals surface area contributed by atoms with Crippen LogP contribution in [0.4, 0.5) is 0 Å². The maximum atomic E-state index is 11.8. The third-order valence-corrected chi connectivity index (χ3v) is 13.6. The average molecular weight is 610 g/mol. The lowest BCUT2D eigenvalue weighted by molar-refractivity contribution is -0.167. The molecule has 42 heavy (non-hydrogen) atoms. The summed E-state index contributed by atoms with van der Waals surface area (Å²) < 4.78 is 11.1. The second-order valence-electron chi connectivity index (χ2n) is 15.7. The van der Waals surface area contributed by atoms with Crippen LogP contribution in [0.15, 0.2) is 0 Å². The monoisotopic (exact) mass is 609 g/mol. The lowest BCUT2D eigenvalue weighted by Crippen LogP contribution is -2.59. The summed E-state index contributed by atoms with van der Waals surface area (Å²) in [4.78, 5) is 0. The Labute approximate surface area is 263 Å². The van der Waals surface area contributed by atoms with Gasteiger partial charge in [-0.1, -0.05) is 34.6 Å². The van der Waals surface area contributed by atoms with E-state index in [1.54, 1.807) is 7.11 Å². The molecule has 4 saturated carbocycles. The predicted molar refractivity (Wildman–Crippen MR) is 177 cm³/mol. The van der Waals surface area contributed by atoms with Crippen LogP contribution in [0.5, 0.6) is 0 Å². The van der Waals surface area contributed by atoms with Crippen LogP contribution in [-0.2, 0) is 8.37 Å². The van der Waals surface area contributed by atoms with E-state index in [0.29, 0.717) is 52.4 Å². The van der Waals surface area contributed by atoms with Crippen molar-refractivity contribution < 1.29 is 13.5 Å². The maximum absolute atomic E-state index is 11.8. The van der Waals surface area contributed by atoms with Crippen LogP contribution in [0.3, 0.4) is 0 Å². The molecule has 246 valence electrons. The lowest BCUT2D eigenvalue weighted by atomic mass is 9.43. The molecule has 0 aromatic carbocycles. The van der Waals surface area contributed by atoms with E-state index in [-0.39, 0.29) is 12.2 Å². The van der Waals surface area contributed by atoms with Crippen LogP contribution in [0, 0.1) is 52.3 Å². The minimum Gasteiger partial charge on any atom is -0.393 e. The van der Waals surface area contributed by atoms with Gasteiger partial charge in [0.2, 0.25) is 0 Å². The van der Waals surface area contributed by atoms with E-state index in [2.05, 4.69) is 45.3 Å². The van der Waals surface area contributed by atoms with Crippen molar-refractivity contribution in [2.45, 2.75) is 136 Å². The van der Waals surface area contributed by atoms with Gasteiger partial charge in [-0.15, -0.1) is 0 Å². The number of aliphatic hydroxyl groups is 1. The van der Waals surface area contributed by atoms with E-state index >= 15 is 0 Å². The highest BCUT2D eigenvalue weighted by atomic mass is 32.2. The molecule has 11 atom stereocenters. The summed E-state index contributed by atoms with van der Waals surface area (Å²) in [6.45, 7) is 16.3. The van der Waals surface area contributed by atoms with Gasteiger partial charge in [-0.2, -0.15) is 0 Å². The molecule has 0 aliphatic heterocycles. The van der Waals surface area contributed by atoms with Gasteiger partial charge in [0.05, 0.1) is 19.3 Å². The number of aliphatic hydroxyl groups excluding tert-OH is 1. The summed E-state index contributed by atoms with van der Waals surface area (Å²) in [5.41, 5.74) is 6.37. The molecular formula is C35H67N3O3S. The molecule has 4 aliphatic carbocycles. The SMILES string of the molecule is COSO[C@H](CC[C@@H](C)C1CCC2C3C(CC[C@@]21C)[C@@]1(C)CC[C@H](NCCCNCCCCN)CC1C[C@H]3O)C(C)C. The van der Waals surface area contributed by atoms with Crippen molar-refractivity contribution in [1.82, 2.24) is 10.6 Å². The standard InChI is InChI=1S/C35H67N3O3S/c1-24(2)32(41-42-40-6)13-10-25(3)28-11-12-29-33-30(15-17-35(28,29)5)34(4)16-14-27(22-26(34)23-31(33)39)38-21-9-20-37-19-8-7-18-36/h24-33,37-39H,7-23,36H2,1-6H3/t25-,26?,27+,28?,29?,30?,31-,32-,33?,34+,35-/m1/s1. The van der Waals surface area contributed by atoms with Gasteiger partial charge >= 0.3 is 0 Å². The molecule has 0 bridgehead atoms. The molecule has 0 spiro atoms. The molecule has 7 heteroatoms. The number of nitrogens with one attached hydrogen (secondary N) is 2. The summed E-state index contributed by atoms with van der Waals surface area (Å²) in [7, 11) is 1.68. The minimum absolute atomic E-state index is 0.118.